The molecule has 0 unspecified atom stereocenters. The standard InChI is InChI=1S/C22H23FN6O3/c1-13-12-32-17-11-29-18-16(9-25-29)20(30)27-22(3-2-4-22)5-6-31-21-14(7-15(23)8-24-21)10-28(13)19(17)26-18/h7-9,11,13H,2-6,10,12H2,1H3,(H,27,30)/t13-/m1/s1. The maximum atomic E-state index is 14.1. The third-order valence-corrected chi connectivity index (χ3v) is 6.71. The molecule has 9 nitrogen and oxygen atoms in total. The first-order valence-electron chi connectivity index (χ1n) is 10.9. The molecular weight excluding hydrogens is 415 g/mol. The summed E-state index contributed by atoms with van der Waals surface area (Å²) in [6.07, 6.45) is 7.90. The Morgan fingerprint density at radius 2 is 2.12 bits per heavy atom. The SMILES string of the molecule is C[C@@H]1COc2cn3ncc4c3nc2N1Cc1cc(F)cnc1OCCC1(CCC1)NC4=O. The van der Waals surface area contributed by atoms with Gasteiger partial charge in [-0.2, -0.15) is 5.10 Å². The van der Waals surface area contributed by atoms with Gasteiger partial charge in [-0.25, -0.2) is 18.9 Å². The molecule has 166 valence electrons. The number of hydrogen-bond donors (Lipinski definition) is 1. The summed E-state index contributed by atoms with van der Waals surface area (Å²) in [6.45, 7) is 3.18. The number of amides is 1. The molecule has 1 saturated carbocycles. The summed E-state index contributed by atoms with van der Waals surface area (Å²) in [7, 11) is 0. The van der Waals surface area contributed by atoms with Gasteiger partial charge in [0.25, 0.3) is 5.91 Å². The van der Waals surface area contributed by atoms with E-state index in [1.165, 1.54) is 12.3 Å². The molecule has 3 aromatic heterocycles. The number of pyridine rings is 1. The molecule has 2 bridgehead atoms. The largest absolute Gasteiger partial charge is 0.486 e. The van der Waals surface area contributed by atoms with Gasteiger partial charge in [-0.15, -0.1) is 0 Å². The summed E-state index contributed by atoms with van der Waals surface area (Å²) in [4.78, 5) is 24.2. The Morgan fingerprint density at radius 3 is 2.94 bits per heavy atom. The van der Waals surface area contributed by atoms with Crippen molar-refractivity contribution in [2.24, 2.45) is 0 Å². The minimum absolute atomic E-state index is 0.0279. The topological polar surface area (TPSA) is 93.9 Å². The summed E-state index contributed by atoms with van der Waals surface area (Å²) in [5, 5.41) is 7.53. The Bertz CT molecular complexity index is 1220. The molecule has 1 amide bonds. The van der Waals surface area contributed by atoms with Crippen LogP contribution in [-0.4, -0.2) is 50.3 Å². The van der Waals surface area contributed by atoms with Crippen LogP contribution in [0.25, 0.3) is 5.65 Å². The van der Waals surface area contributed by atoms with Crippen molar-refractivity contribution >= 4 is 17.4 Å². The second-order valence-electron chi connectivity index (χ2n) is 8.85. The van der Waals surface area contributed by atoms with Crippen LogP contribution >= 0.6 is 0 Å². The molecule has 0 saturated heterocycles. The smallest absolute Gasteiger partial charge is 0.257 e. The first-order chi connectivity index (χ1) is 15.5. The van der Waals surface area contributed by atoms with E-state index in [9.17, 15) is 9.18 Å². The lowest BCUT2D eigenvalue weighted by Gasteiger charge is -2.42. The van der Waals surface area contributed by atoms with Crippen molar-refractivity contribution in [1.29, 1.82) is 0 Å². The van der Waals surface area contributed by atoms with Gasteiger partial charge in [0.1, 0.15) is 18.0 Å². The summed E-state index contributed by atoms with van der Waals surface area (Å²) in [6, 6.07) is 1.43. The van der Waals surface area contributed by atoms with E-state index < -0.39 is 5.82 Å². The first kappa shape index (κ1) is 19.3. The highest BCUT2D eigenvalue weighted by Gasteiger charge is 2.39. The van der Waals surface area contributed by atoms with Crippen molar-refractivity contribution < 1.29 is 18.7 Å². The van der Waals surface area contributed by atoms with Gasteiger partial charge < -0.3 is 19.7 Å². The van der Waals surface area contributed by atoms with Gasteiger partial charge >= 0.3 is 0 Å². The van der Waals surface area contributed by atoms with E-state index in [1.54, 1.807) is 16.9 Å². The average Bonchev–Trinajstić information content (AvgIpc) is 3.16. The summed E-state index contributed by atoms with van der Waals surface area (Å²) in [5.41, 5.74) is 1.20. The van der Waals surface area contributed by atoms with Crippen LogP contribution in [0.1, 0.15) is 48.5 Å². The van der Waals surface area contributed by atoms with Crippen molar-refractivity contribution in [2.45, 2.75) is 50.7 Å². The molecule has 6 rings (SSSR count). The maximum Gasteiger partial charge on any atom is 0.257 e. The number of nitrogens with zero attached hydrogens (tertiary/aromatic N) is 5. The maximum absolute atomic E-state index is 14.1. The fourth-order valence-electron chi connectivity index (χ4n) is 4.68. The minimum Gasteiger partial charge on any atom is -0.486 e. The molecule has 0 aromatic carbocycles. The van der Waals surface area contributed by atoms with Crippen molar-refractivity contribution in [3.63, 3.8) is 0 Å². The second-order valence-corrected chi connectivity index (χ2v) is 8.85. The highest BCUT2D eigenvalue weighted by Crippen LogP contribution is 2.38. The van der Waals surface area contributed by atoms with Gasteiger partial charge in [0.05, 0.1) is 37.8 Å². The zero-order valence-electron chi connectivity index (χ0n) is 17.7. The van der Waals surface area contributed by atoms with E-state index in [1.807, 2.05) is 11.8 Å². The Hall–Kier alpha value is -3.43. The van der Waals surface area contributed by atoms with E-state index in [4.69, 9.17) is 14.5 Å². The molecule has 1 N–H and O–H groups in total. The normalized spacial score (nSPS) is 21.9. The molecule has 1 aliphatic carbocycles. The molecule has 5 heterocycles. The zero-order chi connectivity index (χ0) is 21.9. The lowest BCUT2D eigenvalue weighted by atomic mass is 9.74. The lowest BCUT2D eigenvalue weighted by molar-refractivity contribution is 0.0780. The summed E-state index contributed by atoms with van der Waals surface area (Å²) < 4.78 is 27.6. The van der Waals surface area contributed by atoms with Crippen molar-refractivity contribution in [3.05, 3.63) is 41.6 Å². The van der Waals surface area contributed by atoms with Gasteiger partial charge in [0, 0.05) is 17.5 Å². The third-order valence-electron chi connectivity index (χ3n) is 6.71. The van der Waals surface area contributed by atoms with E-state index in [0.717, 1.165) is 19.3 Å². The Labute approximate surface area is 183 Å². The van der Waals surface area contributed by atoms with Gasteiger partial charge in [0.15, 0.2) is 17.2 Å². The molecule has 32 heavy (non-hydrogen) atoms. The molecule has 1 spiro atoms. The number of nitrogens with one attached hydrogen (secondary N) is 1. The summed E-state index contributed by atoms with van der Waals surface area (Å²) >= 11 is 0. The fourth-order valence-corrected chi connectivity index (χ4v) is 4.68. The molecular formula is C22H23FN6O3. The number of aromatic nitrogens is 4. The van der Waals surface area contributed by atoms with E-state index >= 15 is 0 Å². The van der Waals surface area contributed by atoms with E-state index in [2.05, 4.69) is 15.4 Å². The van der Waals surface area contributed by atoms with E-state index in [-0.39, 0.29) is 17.5 Å². The molecule has 0 radical (unpaired) electrons. The van der Waals surface area contributed by atoms with Crippen molar-refractivity contribution in [2.75, 3.05) is 18.1 Å². The number of carbonyl (C=O) groups excluding carboxylic acids is 1. The number of fused-ring (bicyclic) bond motifs is 1. The van der Waals surface area contributed by atoms with Crippen LogP contribution in [0.3, 0.4) is 0 Å². The number of anilines is 1. The van der Waals surface area contributed by atoms with E-state index in [0.29, 0.717) is 60.4 Å². The number of ether oxygens (including phenoxy) is 2. The fraction of sp³-hybridized carbons (Fsp3) is 0.455. The molecule has 2 aliphatic heterocycles. The van der Waals surface area contributed by atoms with Gasteiger partial charge in [-0.05, 0) is 32.3 Å². The van der Waals surface area contributed by atoms with Crippen LogP contribution < -0.4 is 19.7 Å². The van der Waals surface area contributed by atoms with Gasteiger partial charge in [-0.3, -0.25) is 4.79 Å². The number of carbonyl (C=O) groups is 1. The molecule has 1 atom stereocenters. The van der Waals surface area contributed by atoms with Gasteiger partial charge in [-0.1, -0.05) is 0 Å². The summed E-state index contributed by atoms with van der Waals surface area (Å²) in [5.74, 6) is 0.923. The third kappa shape index (κ3) is 3.04. The van der Waals surface area contributed by atoms with Crippen LogP contribution in [0.15, 0.2) is 24.7 Å². The number of hydrogen-bond acceptors (Lipinski definition) is 7. The average molecular weight is 438 g/mol. The highest BCUT2D eigenvalue weighted by molar-refractivity contribution is 6.00. The predicted octanol–water partition coefficient (Wildman–Crippen LogP) is 2.49. The van der Waals surface area contributed by atoms with Crippen LogP contribution in [0.2, 0.25) is 0 Å². The second kappa shape index (κ2) is 7.04. The molecule has 1 fully saturated rings. The van der Waals surface area contributed by atoms with Crippen molar-refractivity contribution in [1.82, 2.24) is 24.9 Å². The monoisotopic (exact) mass is 438 g/mol. The quantitative estimate of drug-likeness (QED) is 0.576. The van der Waals surface area contributed by atoms with Crippen LogP contribution in [0, 0.1) is 5.82 Å². The number of halogens is 1. The molecule has 3 aliphatic rings. The van der Waals surface area contributed by atoms with Crippen LogP contribution in [0.4, 0.5) is 10.2 Å². The zero-order valence-corrected chi connectivity index (χ0v) is 17.7. The first-order valence-corrected chi connectivity index (χ1v) is 10.9. The minimum atomic E-state index is -0.418. The lowest BCUT2D eigenvalue weighted by Crippen LogP contribution is -2.54. The number of rotatable bonds is 0. The van der Waals surface area contributed by atoms with Crippen LogP contribution in [0.5, 0.6) is 11.6 Å². The van der Waals surface area contributed by atoms with Crippen LogP contribution in [-0.2, 0) is 6.54 Å². The Balaban J connectivity index is 1.51. The Morgan fingerprint density at radius 1 is 1.25 bits per heavy atom. The predicted molar refractivity (Wildman–Crippen MR) is 112 cm³/mol. The molecule has 3 aromatic rings. The highest BCUT2D eigenvalue weighted by atomic mass is 19.1. The molecule has 10 heteroatoms. The van der Waals surface area contributed by atoms with Gasteiger partial charge in [0.2, 0.25) is 5.88 Å². The van der Waals surface area contributed by atoms with Crippen molar-refractivity contribution in [3.8, 4) is 11.6 Å². The Kier molecular flexibility index (Phi) is 4.24.